The molecule has 0 saturated carbocycles. The van der Waals surface area contributed by atoms with Crippen molar-refractivity contribution in [2.45, 2.75) is 32.2 Å². The minimum atomic E-state index is -3.26. The molecular formula is C20H26N2O4S2. The zero-order valence-corrected chi connectivity index (χ0v) is 17.7. The molecule has 0 bridgehead atoms. The third kappa shape index (κ3) is 5.33. The molecule has 2 aromatic rings. The smallest absolute Gasteiger partial charge is 0.227 e. The van der Waals surface area contributed by atoms with Crippen molar-refractivity contribution >= 4 is 33.0 Å². The third-order valence-electron chi connectivity index (χ3n) is 4.83. The Morgan fingerprint density at radius 1 is 1.18 bits per heavy atom. The Morgan fingerprint density at radius 3 is 2.50 bits per heavy atom. The molecule has 1 fully saturated rings. The first-order valence-corrected chi connectivity index (χ1v) is 11.9. The van der Waals surface area contributed by atoms with Crippen LogP contribution in [0.4, 0.5) is 5.69 Å². The van der Waals surface area contributed by atoms with Crippen LogP contribution in [0, 0.1) is 0 Å². The number of rotatable bonds is 9. The largest absolute Gasteiger partial charge is 0.497 e. The van der Waals surface area contributed by atoms with Crippen LogP contribution in [-0.4, -0.2) is 44.6 Å². The quantitative estimate of drug-likeness (QED) is 0.620. The molecule has 6 nitrogen and oxygen atoms in total. The summed E-state index contributed by atoms with van der Waals surface area (Å²) in [6.45, 7) is 1.68. The molecule has 1 saturated heterocycles. The van der Waals surface area contributed by atoms with Gasteiger partial charge in [0, 0.05) is 30.1 Å². The van der Waals surface area contributed by atoms with Crippen LogP contribution in [-0.2, 0) is 21.4 Å². The van der Waals surface area contributed by atoms with Crippen LogP contribution in [0.25, 0.3) is 0 Å². The highest BCUT2D eigenvalue weighted by Gasteiger charge is 2.25. The lowest BCUT2D eigenvalue weighted by Gasteiger charge is -2.23. The standard InChI is InChI=1S/C20H26N2O4S2/c1-26-18-10-8-17(9-11-18)22(16-19-6-4-14-27-19)20(23)7-5-15-28(24,25)21-12-2-3-13-21/h4,6,8-11,14H,2-3,5,7,12-13,15-16H2,1H3. The minimum absolute atomic E-state index is 0.0220. The lowest BCUT2D eigenvalue weighted by Crippen LogP contribution is -2.32. The highest BCUT2D eigenvalue weighted by Crippen LogP contribution is 2.24. The van der Waals surface area contributed by atoms with Crippen molar-refractivity contribution < 1.29 is 17.9 Å². The highest BCUT2D eigenvalue weighted by atomic mass is 32.2. The molecule has 0 radical (unpaired) electrons. The van der Waals surface area contributed by atoms with Gasteiger partial charge in [-0.15, -0.1) is 11.3 Å². The average molecular weight is 423 g/mol. The van der Waals surface area contributed by atoms with Gasteiger partial charge in [0.15, 0.2) is 0 Å². The number of hydrogen-bond donors (Lipinski definition) is 0. The van der Waals surface area contributed by atoms with Gasteiger partial charge < -0.3 is 9.64 Å². The van der Waals surface area contributed by atoms with Crippen molar-refractivity contribution in [2.24, 2.45) is 0 Å². The number of ether oxygens (including phenoxy) is 1. The lowest BCUT2D eigenvalue weighted by molar-refractivity contribution is -0.118. The second kappa shape index (κ2) is 9.54. The van der Waals surface area contributed by atoms with Crippen LogP contribution >= 0.6 is 11.3 Å². The molecule has 0 unspecified atom stereocenters. The Hall–Kier alpha value is -1.90. The number of nitrogens with zero attached hydrogens (tertiary/aromatic N) is 2. The van der Waals surface area contributed by atoms with E-state index < -0.39 is 10.0 Å². The molecule has 1 aliphatic rings. The molecular weight excluding hydrogens is 396 g/mol. The van der Waals surface area contributed by atoms with Crippen LogP contribution in [0.5, 0.6) is 5.75 Å². The van der Waals surface area contributed by atoms with Gasteiger partial charge in [-0.2, -0.15) is 0 Å². The van der Waals surface area contributed by atoms with Gasteiger partial charge in [-0.1, -0.05) is 6.07 Å². The Kier molecular flexibility index (Phi) is 7.09. The minimum Gasteiger partial charge on any atom is -0.497 e. The van der Waals surface area contributed by atoms with Crippen LogP contribution in [0.3, 0.4) is 0 Å². The van der Waals surface area contributed by atoms with Crippen LogP contribution < -0.4 is 9.64 Å². The third-order valence-corrected chi connectivity index (χ3v) is 7.65. The Labute approximate surface area is 170 Å². The summed E-state index contributed by atoms with van der Waals surface area (Å²) in [4.78, 5) is 15.7. The first-order chi connectivity index (χ1) is 13.5. The molecule has 0 aliphatic carbocycles. The molecule has 1 aliphatic heterocycles. The number of sulfonamides is 1. The van der Waals surface area contributed by atoms with Crippen molar-refractivity contribution in [1.82, 2.24) is 4.31 Å². The maximum Gasteiger partial charge on any atom is 0.227 e. The number of hydrogen-bond acceptors (Lipinski definition) is 5. The second-order valence-corrected chi connectivity index (χ2v) is 9.90. The van der Waals surface area contributed by atoms with Crippen molar-refractivity contribution in [2.75, 3.05) is 30.9 Å². The number of carbonyl (C=O) groups excluding carboxylic acids is 1. The molecule has 152 valence electrons. The molecule has 2 heterocycles. The molecule has 28 heavy (non-hydrogen) atoms. The molecule has 0 spiro atoms. The molecule has 3 rings (SSSR count). The van der Waals surface area contributed by atoms with Gasteiger partial charge in [-0.25, -0.2) is 12.7 Å². The van der Waals surface area contributed by atoms with Crippen molar-refractivity contribution in [3.8, 4) is 5.75 Å². The van der Waals surface area contributed by atoms with Crippen molar-refractivity contribution in [3.05, 3.63) is 46.7 Å². The SMILES string of the molecule is COc1ccc(N(Cc2cccs2)C(=O)CCCS(=O)(=O)N2CCCC2)cc1. The summed E-state index contributed by atoms with van der Waals surface area (Å²) in [6.07, 6.45) is 2.37. The first-order valence-electron chi connectivity index (χ1n) is 9.44. The van der Waals surface area contributed by atoms with Crippen LogP contribution in [0.1, 0.15) is 30.6 Å². The van der Waals surface area contributed by atoms with Crippen LogP contribution in [0.2, 0.25) is 0 Å². The number of methoxy groups -OCH3 is 1. The van der Waals surface area contributed by atoms with E-state index in [2.05, 4.69) is 0 Å². The summed E-state index contributed by atoms with van der Waals surface area (Å²) in [5, 5.41) is 1.98. The number of thiophene rings is 1. The summed E-state index contributed by atoms with van der Waals surface area (Å²) in [7, 11) is -1.66. The molecule has 8 heteroatoms. The number of benzene rings is 1. The summed E-state index contributed by atoms with van der Waals surface area (Å²) >= 11 is 1.59. The average Bonchev–Trinajstić information content (AvgIpc) is 3.40. The summed E-state index contributed by atoms with van der Waals surface area (Å²) < 4.78 is 31.5. The van der Waals surface area contributed by atoms with Gasteiger partial charge >= 0.3 is 0 Å². The summed E-state index contributed by atoms with van der Waals surface area (Å²) in [5.41, 5.74) is 0.779. The fraction of sp³-hybridized carbons (Fsp3) is 0.450. The van der Waals surface area contributed by atoms with Crippen LogP contribution in [0.15, 0.2) is 41.8 Å². The molecule has 1 aromatic heterocycles. The topological polar surface area (TPSA) is 66.9 Å². The summed E-state index contributed by atoms with van der Waals surface area (Å²) in [5.74, 6) is 0.674. The number of carbonyl (C=O) groups is 1. The van der Waals surface area contributed by atoms with E-state index in [9.17, 15) is 13.2 Å². The van der Waals surface area contributed by atoms with E-state index in [-0.39, 0.29) is 18.1 Å². The Balaban J connectivity index is 1.65. The highest BCUT2D eigenvalue weighted by molar-refractivity contribution is 7.89. The Morgan fingerprint density at radius 2 is 1.89 bits per heavy atom. The van der Waals surface area contributed by atoms with Gasteiger partial charge in [0.05, 0.1) is 19.4 Å². The normalized spacial score (nSPS) is 14.9. The van der Waals surface area contributed by atoms with E-state index in [1.54, 1.807) is 27.7 Å². The Bertz CT molecular complexity index is 858. The maximum absolute atomic E-state index is 12.9. The fourth-order valence-electron chi connectivity index (χ4n) is 3.28. The lowest BCUT2D eigenvalue weighted by atomic mass is 10.2. The van der Waals surface area contributed by atoms with Gasteiger partial charge in [0.25, 0.3) is 0 Å². The van der Waals surface area contributed by atoms with Crippen molar-refractivity contribution in [1.29, 1.82) is 0 Å². The zero-order chi connectivity index (χ0) is 20.0. The monoisotopic (exact) mass is 422 g/mol. The van der Waals surface area contributed by atoms with Gasteiger partial charge in [0.2, 0.25) is 15.9 Å². The zero-order valence-electron chi connectivity index (χ0n) is 16.0. The predicted octanol–water partition coefficient (Wildman–Crippen LogP) is 3.50. The van der Waals surface area contributed by atoms with E-state index >= 15 is 0 Å². The molecule has 0 atom stereocenters. The number of amides is 1. The maximum atomic E-state index is 12.9. The molecule has 0 N–H and O–H groups in total. The number of anilines is 1. The van der Waals surface area contributed by atoms with E-state index in [4.69, 9.17) is 4.74 Å². The first kappa shape index (κ1) is 20.8. The predicted molar refractivity (Wildman–Crippen MR) is 112 cm³/mol. The van der Waals surface area contributed by atoms with E-state index in [1.165, 1.54) is 0 Å². The van der Waals surface area contributed by atoms with Gasteiger partial charge in [0.1, 0.15) is 5.75 Å². The molecule has 1 amide bonds. The van der Waals surface area contributed by atoms with Gasteiger partial charge in [-0.05, 0) is 55.0 Å². The van der Waals surface area contributed by atoms with Crippen molar-refractivity contribution in [3.63, 3.8) is 0 Å². The fourth-order valence-corrected chi connectivity index (χ4v) is 5.55. The van der Waals surface area contributed by atoms with E-state index in [0.717, 1.165) is 29.2 Å². The molecule has 1 aromatic carbocycles. The van der Waals surface area contributed by atoms with E-state index in [1.807, 2.05) is 41.8 Å². The van der Waals surface area contributed by atoms with E-state index in [0.29, 0.717) is 26.1 Å². The summed E-state index contributed by atoms with van der Waals surface area (Å²) in [6, 6.07) is 11.3. The second-order valence-electron chi connectivity index (χ2n) is 6.78. The van der Waals surface area contributed by atoms with Gasteiger partial charge in [-0.3, -0.25) is 4.79 Å².